The van der Waals surface area contributed by atoms with Gasteiger partial charge in [0.1, 0.15) is 12.1 Å². The van der Waals surface area contributed by atoms with E-state index in [9.17, 15) is 24.3 Å². The average Bonchev–Trinajstić information content (AvgIpc) is 2.78. The van der Waals surface area contributed by atoms with Crippen LogP contribution in [-0.4, -0.2) is 72.0 Å². The first-order chi connectivity index (χ1) is 16.0. The highest BCUT2D eigenvalue weighted by molar-refractivity contribution is 5.95. The number of aliphatic hydroxyl groups excluding tert-OH is 1. The van der Waals surface area contributed by atoms with Crippen molar-refractivity contribution >= 4 is 23.5 Å². The highest BCUT2D eigenvalue weighted by Crippen LogP contribution is 2.07. The van der Waals surface area contributed by atoms with E-state index < -0.39 is 48.0 Å². The number of hydrogen-bond acceptors (Lipinski definition) is 8. The lowest BCUT2D eigenvalue weighted by Crippen LogP contribution is -2.60. The molecule has 0 aliphatic carbocycles. The summed E-state index contributed by atoms with van der Waals surface area (Å²) >= 11 is 0. The van der Waals surface area contributed by atoms with Crippen LogP contribution in [0.15, 0.2) is 0 Å². The molecule has 0 spiro atoms. The number of ketones is 1. The van der Waals surface area contributed by atoms with Gasteiger partial charge in [0, 0.05) is 5.92 Å². The van der Waals surface area contributed by atoms with Gasteiger partial charge in [0.05, 0.1) is 18.2 Å². The number of nitrogens with two attached hydrogens (primary N) is 3. The van der Waals surface area contributed by atoms with Gasteiger partial charge in [0.15, 0.2) is 5.78 Å². The topological polar surface area (TPSA) is 203 Å². The van der Waals surface area contributed by atoms with Crippen molar-refractivity contribution in [3.05, 3.63) is 0 Å². The molecule has 0 aliphatic heterocycles. The molecule has 0 saturated carbocycles. The second-order valence-corrected chi connectivity index (χ2v) is 9.02. The molecular formula is C23H46N6O5. The third kappa shape index (κ3) is 11.9. The minimum Gasteiger partial charge on any atom is -0.391 e. The Morgan fingerprint density at radius 3 is 1.82 bits per heavy atom. The van der Waals surface area contributed by atoms with Gasteiger partial charge in [0.2, 0.25) is 17.7 Å². The van der Waals surface area contributed by atoms with Gasteiger partial charge < -0.3 is 38.3 Å². The van der Waals surface area contributed by atoms with Crippen LogP contribution in [0.1, 0.15) is 72.6 Å². The third-order valence-electron chi connectivity index (χ3n) is 5.54. The van der Waals surface area contributed by atoms with E-state index >= 15 is 0 Å². The maximum absolute atomic E-state index is 12.9. The first-order valence-electron chi connectivity index (χ1n) is 12.3. The van der Waals surface area contributed by atoms with Gasteiger partial charge in [-0.1, -0.05) is 46.5 Å². The predicted octanol–water partition coefficient (Wildman–Crippen LogP) is -0.958. The van der Waals surface area contributed by atoms with Crippen molar-refractivity contribution in [2.24, 2.45) is 23.1 Å². The molecule has 3 amide bonds. The van der Waals surface area contributed by atoms with E-state index in [1.165, 1.54) is 6.92 Å². The largest absolute Gasteiger partial charge is 0.391 e. The molecule has 0 fully saturated rings. The van der Waals surface area contributed by atoms with Crippen LogP contribution in [0.25, 0.3) is 0 Å². The Kier molecular flexibility index (Phi) is 16.3. The highest BCUT2D eigenvalue weighted by atomic mass is 16.3. The molecule has 0 saturated heterocycles. The van der Waals surface area contributed by atoms with Crippen LogP contribution >= 0.6 is 0 Å². The number of carbonyl (C=O) groups is 4. The van der Waals surface area contributed by atoms with Crippen molar-refractivity contribution in [1.82, 2.24) is 16.0 Å². The van der Waals surface area contributed by atoms with Crippen molar-refractivity contribution < 1.29 is 24.3 Å². The number of carbonyl (C=O) groups excluding carboxylic acids is 4. The van der Waals surface area contributed by atoms with E-state index in [1.807, 2.05) is 0 Å². The van der Waals surface area contributed by atoms with Crippen LogP contribution in [0.2, 0.25) is 0 Å². The second-order valence-electron chi connectivity index (χ2n) is 9.02. The molecule has 11 heteroatoms. The summed E-state index contributed by atoms with van der Waals surface area (Å²) in [6, 6.07) is -3.96. The Labute approximate surface area is 203 Å². The Bertz CT molecular complexity index is 643. The normalized spacial score (nSPS) is 15.7. The maximum atomic E-state index is 12.9. The maximum Gasteiger partial charge on any atom is 0.245 e. The molecule has 0 aromatic heterocycles. The van der Waals surface area contributed by atoms with Crippen LogP contribution in [0.3, 0.4) is 0 Å². The summed E-state index contributed by atoms with van der Waals surface area (Å²) < 4.78 is 0. The zero-order valence-electron chi connectivity index (χ0n) is 21.1. The predicted molar refractivity (Wildman–Crippen MR) is 131 cm³/mol. The fourth-order valence-electron chi connectivity index (χ4n) is 3.41. The molecule has 198 valence electrons. The van der Waals surface area contributed by atoms with E-state index in [1.54, 1.807) is 13.8 Å². The monoisotopic (exact) mass is 486 g/mol. The third-order valence-corrected chi connectivity index (χ3v) is 5.54. The Balaban J connectivity index is 5.23. The van der Waals surface area contributed by atoms with Crippen molar-refractivity contribution in [3.63, 3.8) is 0 Å². The fraction of sp³-hybridized carbons (Fsp3) is 0.826. The number of nitrogens with one attached hydrogen (secondary N) is 3. The van der Waals surface area contributed by atoms with Crippen molar-refractivity contribution in [1.29, 1.82) is 0 Å². The van der Waals surface area contributed by atoms with Crippen LogP contribution in [0.4, 0.5) is 0 Å². The molecule has 11 nitrogen and oxygen atoms in total. The summed E-state index contributed by atoms with van der Waals surface area (Å²) in [5.74, 6) is -2.40. The lowest BCUT2D eigenvalue weighted by Gasteiger charge is -2.27. The van der Waals surface area contributed by atoms with Crippen LogP contribution in [-0.2, 0) is 19.2 Å². The number of hydrogen-bond donors (Lipinski definition) is 7. The Morgan fingerprint density at radius 1 is 0.765 bits per heavy atom. The number of rotatable bonds is 18. The van der Waals surface area contributed by atoms with Crippen molar-refractivity contribution in [2.45, 2.75) is 103 Å². The quantitative estimate of drug-likeness (QED) is 0.120. The summed E-state index contributed by atoms with van der Waals surface area (Å²) in [5, 5.41) is 17.8. The molecule has 34 heavy (non-hydrogen) atoms. The van der Waals surface area contributed by atoms with Gasteiger partial charge in [-0.2, -0.15) is 0 Å². The van der Waals surface area contributed by atoms with Gasteiger partial charge >= 0.3 is 0 Å². The standard InChI is InChI=1S/C23H46N6O5/c1-5-6-7-8-9-16(26)21(32)28-18(11-13-25)22(33)29-19(15(4)30)23(34)27-17(10-12-24)20(31)14(2)3/h14-19,30H,5-13,24-26H2,1-4H3,(H,27,34)(H,28,32)(H,29,33)/t15?,16?,17-,18-,19-/m0/s1. The Hall–Kier alpha value is -2.08. The summed E-state index contributed by atoms with van der Waals surface area (Å²) in [7, 11) is 0. The van der Waals surface area contributed by atoms with Crippen LogP contribution in [0.5, 0.6) is 0 Å². The van der Waals surface area contributed by atoms with Crippen molar-refractivity contribution in [3.8, 4) is 0 Å². The van der Waals surface area contributed by atoms with Crippen molar-refractivity contribution in [2.75, 3.05) is 13.1 Å². The number of unbranched alkanes of at least 4 members (excludes halogenated alkanes) is 3. The summed E-state index contributed by atoms with van der Waals surface area (Å²) in [6.45, 7) is 7.14. The number of Topliss-reactive ketones (excluding diaryl/α,β-unsaturated/α-hetero) is 1. The van der Waals surface area contributed by atoms with E-state index in [4.69, 9.17) is 17.2 Å². The summed E-state index contributed by atoms with van der Waals surface area (Å²) in [4.78, 5) is 50.5. The van der Waals surface area contributed by atoms with E-state index in [-0.39, 0.29) is 37.6 Å². The lowest BCUT2D eigenvalue weighted by molar-refractivity contribution is -0.136. The van der Waals surface area contributed by atoms with E-state index in [0.717, 1.165) is 25.7 Å². The first-order valence-corrected chi connectivity index (χ1v) is 12.3. The van der Waals surface area contributed by atoms with E-state index in [0.29, 0.717) is 6.42 Å². The van der Waals surface area contributed by atoms with Gasteiger partial charge in [-0.05, 0) is 39.3 Å². The Morgan fingerprint density at radius 2 is 1.32 bits per heavy atom. The lowest BCUT2D eigenvalue weighted by atomic mass is 9.98. The molecule has 0 aliphatic rings. The van der Waals surface area contributed by atoms with Gasteiger partial charge in [-0.25, -0.2) is 0 Å². The molecule has 0 radical (unpaired) electrons. The van der Waals surface area contributed by atoms with E-state index in [2.05, 4.69) is 22.9 Å². The molecule has 0 aromatic rings. The van der Waals surface area contributed by atoms with Gasteiger partial charge in [0.25, 0.3) is 0 Å². The zero-order valence-corrected chi connectivity index (χ0v) is 21.1. The smallest absolute Gasteiger partial charge is 0.245 e. The zero-order chi connectivity index (χ0) is 26.3. The number of amides is 3. The molecular weight excluding hydrogens is 440 g/mol. The molecule has 0 rings (SSSR count). The summed E-state index contributed by atoms with van der Waals surface area (Å²) in [5.41, 5.74) is 17.1. The molecule has 0 heterocycles. The molecule has 0 aromatic carbocycles. The average molecular weight is 487 g/mol. The first kappa shape index (κ1) is 31.9. The van der Waals surface area contributed by atoms with Crippen LogP contribution in [0, 0.1) is 5.92 Å². The minimum atomic E-state index is -1.34. The van der Waals surface area contributed by atoms with Gasteiger partial charge in [-0.15, -0.1) is 0 Å². The van der Waals surface area contributed by atoms with Gasteiger partial charge in [-0.3, -0.25) is 19.2 Å². The SMILES string of the molecule is CCCCCCC(N)C(=O)N[C@@H](CCN)C(=O)N[C@H](C(=O)N[C@@H](CCN)C(=O)C(C)C)C(C)O. The molecule has 10 N–H and O–H groups in total. The molecule has 2 unspecified atom stereocenters. The van der Waals surface area contributed by atoms with Crippen LogP contribution < -0.4 is 33.2 Å². The summed E-state index contributed by atoms with van der Waals surface area (Å²) in [6.07, 6.45) is 3.49. The number of aliphatic hydroxyl groups is 1. The highest BCUT2D eigenvalue weighted by Gasteiger charge is 2.32. The second kappa shape index (κ2) is 17.4. The molecule has 0 bridgehead atoms. The minimum absolute atomic E-state index is 0.108. The fourth-order valence-corrected chi connectivity index (χ4v) is 3.41. The molecule has 5 atom stereocenters.